The number of hydrogen-bond donors (Lipinski definition) is 1. The van der Waals surface area contributed by atoms with Crippen molar-refractivity contribution in [2.24, 2.45) is 0 Å². The fourth-order valence-electron chi connectivity index (χ4n) is 1.70. The molecule has 0 spiro atoms. The molecule has 2 N–H and O–H groups in total. The number of methoxy groups -OCH3 is 1. The molecule has 2 aromatic rings. The molecule has 0 saturated heterocycles. The topological polar surface area (TPSA) is 70.5 Å². The number of hydrogen-bond acceptors (Lipinski definition) is 5. The van der Waals surface area contributed by atoms with Crippen molar-refractivity contribution in [2.45, 2.75) is 38.9 Å². The van der Waals surface area contributed by atoms with E-state index in [1.807, 2.05) is 12.1 Å². The van der Waals surface area contributed by atoms with Gasteiger partial charge in [0.1, 0.15) is 16.9 Å². The van der Waals surface area contributed by atoms with Gasteiger partial charge in [0, 0.05) is 12.1 Å². The van der Waals surface area contributed by atoms with Gasteiger partial charge in [-0.1, -0.05) is 25.9 Å². The molecule has 2 rings (SSSR count). The van der Waals surface area contributed by atoms with Gasteiger partial charge < -0.3 is 19.4 Å². The lowest BCUT2D eigenvalue weighted by molar-refractivity contribution is 0.414. The summed E-state index contributed by atoms with van der Waals surface area (Å²) in [5.41, 5.74) is 6.36. The van der Waals surface area contributed by atoms with Gasteiger partial charge in [-0.15, -0.1) is 0 Å². The second-order valence-corrected chi connectivity index (χ2v) is 11.2. The molecule has 0 fully saturated rings. The summed E-state index contributed by atoms with van der Waals surface area (Å²) in [6, 6.07) is 3.66. The van der Waals surface area contributed by atoms with Crippen molar-refractivity contribution < 1.29 is 13.7 Å². The number of nitrogen functional groups attached to an aromatic ring is 1. The number of nitrogens with two attached hydrogens (primary N) is 1. The Labute approximate surface area is 120 Å². The van der Waals surface area contributed by atoms with Gasteiger partial charge in [-0.3, -0.25) is 0 Å². The van der Waals surface area contributed by atoms with Crippen LogP contribution in [-0.2, 0) is 0 Å². The molecular weight excluding hydrogens is 272 g/mol. The minimum atomic E-state index is -1.91. The van der Waals surface area contributed by atoms with Crippen LogP contribution >= 0.6 is 0 Å². The second-order valence-electron chi connectivity index (χ2n) is 6.43. The lowest BCUT2D eigenvalue weighted by atomic mass is 10.2. The first-order valence-electron chi connectivity index (χ1n) is 6.57. The Kier molecular flexibility index (Phi) is 3.45. The summed E-state index contributed by atoms with van der Waals surface area (Å²) in [5.74, 6) is 1.68. The molecule has 0 aliphatic carbocycles. The molecule has 1 aromatic carbocycles. The number of anilines is 1. The van der Waals surface area contributed by atoms with Crippen LogP contribution < -0.4 is 14.9 Å². The molecule has 20 heavy (non-hydrogen) atoms. The molecule has 0 unspecified atom stereocenters. The van der Waals surface area contributed by atoms with Crippen LogP contribution in [0.3, 0.4) is 0 Å². The van der Waals surface area contributed by atoms with E-state index in [0.717, 1.165) is 5.75 Å². The van der Waals surface area contributed by atoms with Gasteiger partial charge in [0.05, 0.1) is 7.11 Å². The van der Waals surface area contributed by atoms with E-state index >= 15 is 0 Å². The maximum absolute atomic E-state index is 6.26. The summed E-state index contributed by atoms with van der Waals surface area (Å²) in [6.45, 7) is 11.0. The Morgan fingerprint density at radius 1 is 1.25 bits per heavy atom. The Bertz CT molecular complexity index is 629. The first-order valence-corrected chi connectivity index (χ1v) is 9.48. The molecule has 0 bridgehead atoms. The SMILES string of the molecule is COc1cc(O[Si](C)(C)C(C)(C)C)cc2onc(N)c12. The van der Waals surface area contributed by atoms with Gasteiger partial charge in [-0.25, -0.2) is 0 Å². The standard InChI is InChI=1S/C14H22N2O3Si/c1-14(2,3)20(5,6)19-9-7-10(17-4)12-11(8-9)18-16-13(12)15/h7-8H,1-6H3,(H2,15,16). The molecular formula is C14H22N2O3Si. The highest BCUT2D eigenvalue weighted by molar-refractivity contribution is 6.74. The largest absolute Gasteiger partial charge is 0.543 e. The maximum atomic E-state index is 6.26. The van der Waals surface area contributed by atoms with E-state index in [0.29, 0.717) is 22.5 Å². The number of aromatic nitrogens is 1. The van der Waals surface area contributed by atoms with Gasteiger partial charge in [-0.2, -0.15) is 0 Å². The van der Waals surface area contributed by atoms with Crippen LogP contribution in [0, 0.1) is 0 Å². The number of ether oxygens (including phenoxy) is 1. The lowest BCUT2D eigenvalue weighted by Crippen LogP contribution is -2.43. The molecule has 6 heteroatoms. The minimum Gasteiger partial charge on any atom is -0.543 e. The summed E-state index contributed by atoms with van der Waals surface area (Å²) in [5, 5.41) is 4.58. The summed E-state index contributed by atoms with van der Waals surface area (Å²) >= 11 is 0. The van der Waals surface area contributed by atoms with Crippen LogP contribution in [-0.4, -0.2) is 20.6 Å². The van der Waals surface area contributed by atoms with Gasteiger partial charge >= 0.3 is 0 Å². The molecule has 5 nitrogen and oxygen atoms in total. The molecule has 0 aliphatic heterocycles. The van der Waals surface area contributed by atoms with E-state index in [1.165, 1.54) is 0 Å². The molecule has 0 aliphatic rings. The van der Waals surface area contributed by atoms with E-state index < -0.39 is 8.32 Å². The third-order valence-corrected chi connectivity index (χ3v) is 8.30. The summed E-state index contributed by atoms with van der Waals surface area (Å²) < 4.78 is 16.8. The van der Waals surface area contributed by atoms with Crippen molar-refractivity contribution in [1.82, 2.24) is 5.16 Å². The Morgan fingerprint density at radius 2 is 1.90 bits per heavy atom. The fourth-order valence-corrected chi connectivity index (χ4v) is 2.72. The van der Waals surface area contributed by atoms with Crippen molar-refractivity contribution in [3.05, 3.63) is 12.1 Å². The maximum Gasteiger partial charge on any atom is 0.250 e. The average molecular weight is 294 g/mol. The van der Waals surface area contributed by atoms with E-state index in [-0.39, 0.29) is 5.04 Å². The molecule has 1 heterocycles. The van der Waals surface area contributed by atoms with Gasteiger partial charge in [0.15, 0.2) is 11.4 Å². The van der Waals surface area contributed by atoms with E-state index in [9.17, 15) is 0 Å². The third kappa shape index (κ3) is 2.47. The third-order valence-electron chi connectivity index (χ3n) is 3.94. The average Bonchev–Trinajstić information content (AvgIpc) is 2.68. The molecule has 0 radical (unpaired) electrons. The van der Waals surface area contributed by atoms with Crippen molar-refractivity contribution in [3.8, 4) is 11.5 Å². The lowest BCUT2D eigenvalue weighted by Gasteiger charge is -2.36. The highest BCUT2D eigenvalue weighted by atomic mass is 28.4. The summed E-state index contributed by atoms with van der Waals surface area (Å²) in [7, 11) is -0.316. The van der Waals surface area contributed by atoms with E-state index in [1.54, 1.807) is 7.11 Å². The smallest absolute Gasteiger partial charge is 0.250 e. The Hall–Kier alpha value is -1.69. The minimum absolute atomic E-state index is 0.121. The molecule has 110 valence electrons. The van der Waals surface area contributed by atoms with E-state index in [4.69, 9.17) is 19.4 Å². The van der Waals surface area contributed by atoms with Crippen molar-refractivity contribution in [3.63, 3.8) is 0 Å². The fraction of sp³-hybridized carbons (Fsp3) is 0.500. The van der Waals surface area contributed by atoms with Crippen molar-refractivity contribution >= 4 is 25.1 Å². The van der Waals surface area contributed by atoms with Crippen molar-refractivity contribution in [2.75, 3.05) is 12.8 Å². The zero-order valence-electron chi connectivity index (χ0n) is 12.9. The Balaban J connectivity index is 2.46. The van der Waals surface area contributed by atoms with Crippen LogP contribution in [0.2, 0.25) is 18.1 Å². The van der Waals surface area contributed by atoms with Crippen LogP contribution in [0.1, 0.15) is 20.8 Å². The van der Waals surface area contributed by atoms with Crippen LogP contribution in [0.4, 0.5) is 5.82 Å². The quantitative estimate of drug-likeness (QED) is 0.872. The number of fused-ring (bicyclic) bond motifs is 1. The zero-order valence-corrected chi connectivity index (χ0v) is 13.9. The van der Waals surface area contributed by atoms with Crippen LogP contribution in [0.25, 0.3) is 11.0 Å². The van der Waals surface area contributed by atoms with Gasteiger partial charge in [0.25, 0.3) is 0 Å². The summed E-state index contributed by atoms with van der Waals surface area (Å²) in [4.78, 5) is 0. The highest BCUT2D eigenvalue weighted by Crippen LogP contribution is 2.40. The van der Waals surface area contributed by atoms with E-state index in [2.05, 4.69) is 39.0 Å². The molecule has 1 aromatic heterocycles. The zero-order chi connectivity index (χ0) is 15.1. The number of benzene rings is 1. The van der Waals surface area contributed by atoms with Gasteiger partial charge in [-0.05, 0) is 18.1 Å². The summed E-state index contributed by atoms with van der Waals surface area (Å²) in [6.07, 6.45) is 0. The first kappa shape index (κ1) is 14.7. The monoisotopic (exact) mass is 294 g/mol. The predicted octanol–water partition coefficient (Wildman–Crippen LogP) is 3.80. The Morgan fingerprint density at radius 3 is 2.45 bits per heavy atom. The van der Waals surface area contributed by atoms with Crippen LogP contribution in [0.5, 0.6) is 11.5 Å². The normalized spacial score (nSPS) is 12.7. The predicted molar refractivity (Wildman–Crippen MR) is 82.8 cm³/mol. The number of nitrogens with zero attached hydrogens (tertiary/aromatic N) is 1. The second kappa shape index (κ2) is 4.70. The molecule has 0 amide bonds. The van der Waals surface area contributed by atoms with Crippen molar-refractivity contribution in [1.29, 1.82) is 0 Å². The van der Waals surface area contributed by atoms with Crippen LogP contribution in [0.15, 0.2) is 16.7 Å². The molecule has 0 atom stereocenters. The van der Waals surface area contributed by atoms with Gasteiger partial charge in [0.2, 0.25) is 8.32 Å². The number of rotatable bonds is 3. The highest BCUT2D eigenvalue weighted by Gasteiger charge is 2.39. The molecule has 0 saturated carbocycles. The first-order chi connectivity index (χ1) is 9.15.